The van der Waals surface area contributed by atoms with Crippen LogP contribution >= 0.6 is 11.6 Å². The van der Waals surface area contributed by atoms with E-state index in [1.165, 1.54) is 7.11 Å². The first-order valence-electron chi connectivity index (χ1n) is 5.27. The Bertz CT molecular complexity index is 418. The van der Waals surface area contributed by atoms with Crippen LogP contribution in [0.5, 0.6) is 11.5 Å². The molecule has 0 atom stereocenters. The van der Waals surface area contributed by atoms with Crippen molar-refractivity contribution in [3.8, 4) is 11.5 Å². The number of nitrogens with two attached hydrogens (primary N) is 1. The second-order valence-electron chi connectivity index (χ2n) is 3.75. The number of ether oxygens (including phenoxy) is 2. The quantitative estimate of drug-likeness (QED) is 0.822. The topological polar surface area (TPSA) is 61.5 Å². The van der Waals surface area contributed by atoms with Gasteiger partial charge >= 0.3 is 0 Å². The number of ketones is 1. The Hall–Kier alpha value is -1.26. The number of hydrogen-bond acceptors (Lipinski definition) is 4. The van der Waals surface area contributed by atoms with E-state index in [0.29, 0.717) is 16.5 Å². The average Bonchev–Trinajstić information content (AvgIpc) is 2.28. The highest BCUT2D eigenvalue weighted by atomic mass is 35.5. The number of carbonyl (C=O) groups is 1. The van der Waals surface area contributed by atoms with Crippen LogP contribution in [0.2, 0.25) is 5.02 Å². The lowest BCUT2D eigenvalue weighted by molar-refractivity contribution is 0.0994. The fraction of sp³-hybridized carbons (Fsp3) is 0.417. The molecule has 0 aromatic heterocycles. The molecule has 0 unspecified atom stereocenters. The van der Waals surface area contributed by atoms with Gasteiger partial charge in [0.15, 0.2) is 17.3 Å². The normalized spacial score (nSPS) is 10.5. The molecule has 1 aromatic rings. The summed E-state index contributed by atoms with van der Waals surface area (Å²) in [6.07, 6.45) is -0.0910. The van der Waals surface area contributed by atoms with E-state index in [1.807, 2.05) is 13.8 Å². The fourth-order valence-corrected chi connectivity index (χ4v) is 1.67. The molecule has 5 heteroatoms. The summed E-state index contributed by atoms with van der Waals surface area (Å²) in [7, 11) is 1.51. The standard InChI is InChI=1S/C12H16ClNO3/c1-7(2)17-12-10(16-3)5-4-8(13)11(12)9(15)6-14/h4-5,7H,6,14H2,1-3H3. The molecule has 1 aromatic carbocycles. The van der Waals surface area contributed by atoms with Gasteiger partial charge in [0.2, 0.25) is 0 Å². The summed E-state index contributed by atoms with van der Waals surface area (Å²) < 4.78 is 10.7. The summed E-state index contributed by atoms with van der Waals surface area (Å²) in [6, 6.07) is 3.25. The third-order valence-corrected chi connectivity index (χ3v) is 2.42. The van der Waals surface area contributed by atoms with Crippen LogP contribution in [-0.2, 0) is 0 Å². The van der Waals surface area contributed by atoms with Gasteiger partial charge in [0, 0.05) is 0 Å². The van der Waals surface area contributed by atoms with E-state index in [1.54, 1.807) is 12.1 Å². The molecule has 0 aliphatic heterocycles. The first-order valence-corrected chi connectivity index (χ1v) is 5.65. The number of halogens is 1. The molecule has 17 heavy (non-hydrogen) atoms. The predicted molar refractivity (Wildman–Crippen MR) is 67.2 cm³/mol. The van der Waals surface area contributed by atoms with Crippen molar-refractivity contribution in [2.45, 2.75) is 20.0 Å². The highest BCUT2D eigenvalue weighted by molar-refractivity contribution is 6.34. The molecular weight excluding hydrogens is 242 g/mol. The molecule has 2 N–H and O–H groups in total. The first-order chi connectivity index (χ1) is 8.01. The van der Waals surface area contributed by atoms with E-state index in [2.05, 4.69) is 0 Å². The molecule has 0 saturated heterocycles. The SMILES string of the molecule is COc1ccc(Cl)c(C(=O)CN)c1OC(C)C. The second kappa shape index (κ2) is 5.89. The maximum atomic E-state index is 11.8. The van der Waals surface area contributed by atoms with Crippen LogP contribution in [-0.4, -0.2) is 25.5 Å². The van der Waals surface area contributed by atoms with Crippen molar-refractivity contribution in [1.29, 1.82) is 0 Å². The van der Waals surface area contributed by atoms with E-state index >= 15 is 0 Å². The Morgan fingerprint density at radius 2 is 2.12 bits per heavy atom. The molecule has 0 spiro atoms. The lowest BCUT2D eigenvalue weighted by atomic mass is 10.1. The summed E-state index contributed by atoms with van der Waals surface area (Å²) in [5, 5.41) is 0.317. The number of carbonyl (C=O) groups excluding carboxylic acids is 1. The van der Waals surface area contributed by atoms with Crippen molar-refractivity contribution >= 4 is 17.4 Å². The van der Waals surface area contributed by atoms with E-state index < -0.39 is 0 Å². The van der Waals surface area contributed by atoms with E-state index in [4.69, 9.17) is 26.8 Å². The summed E-state index contributed by atoms with van der Waals surface area (Å²) in [6.45, 7) is 3.59. The van der Waals surface area contributed by atoms with Crippen LogP contribution in [0.25, 0.3) is 0 Å². The zero-order valence-electron chi connectivity index (χ0n) is 10.1. The third kappa shape index (κ3) is 3.11. The molecule has 0 aliphatic carbocycles. The Labute approximate surface area is 106 Å². The number of benzene rings is 1. The van der Waals surface area contributed by atoms with Gasteiger partial charge in [0.25, 0.3) is 0 Å². The Balaban J connectivity index is 3.36. The van der Waals surface area contributed by atoms with Crippen LogP contribution in [0.3, 0.4) is 0 Å². The summed E-state index contributed by atoms with van der Waals surface area (Å²) in [4.78, 5) is 11.8. The van der Waals surface area contributed by atoms with Crippen LogP contribution in [0.4, 0.5) is 0 Å². The minimum Gasteiger partial charge on any atom is -0.493 e. The van der Waals surface area contributed by atoms with Crippen molar-refractivity contribution in [2.24, 2.45) is 5.73 Å². The summed E-state index contributed by atoms with van der Waals surface area (Å²) in [5.74, 6) is 0.551. The van der Waals surface area contributed by atoms with E-state index in [9.17, 15) is 4.79 Å². The monoisotopic (exact) mass is 257 g/mol. The Morgan fingerprint density at radius 1 is 1.47 bits per heavy atom. The Kier molecular flexibility index (Phi) is 4.78. The first kappa shape index (κ1) is 13.8. The molecule has 94 valence electrons. The fourth-order valence-electron chi connectivity index (χ4n) is 1.41. The van der Waals surface area contributed by atoms with Gasteiger partial charge in [-0.2, -0.15) is 0 Å². The van der Waals surface area contributed by atoms with Crippen LogP contribution in [0.15, 0.2) is 12.1 Å². The maximum Gasteiger partial charge on any atom is 0.181 e. The van der Waals surface area contributed by atoms with Crippen molar-refractivity contribution in [3.05, 3.63) is 22.7 Å². The number of Topliss-reactive ketones (excluding diaryl/α,β-unsaturated/α-hetero) is 1. The van der Waals surface area contributed by atoms with Gasteiger partial charge in [-0.05, 0) is 26.0 Å². The van der Waals surface area contributed by atoms with Gasteiger partial charge in [-0.1, -0.05) is 11.6 Å². The highest BCUT2D eigenvalue weighted by Crippen LogP contribution is 2.36. The van der Waals surface area contributed by atoms with Gasteiger partial charge in [0.05, 0.1) is 30.3 Å². The number of hydrogen-bond donors (Lipinski definition) is 1. The Morgan fingerprint density at radius 3 is 2.59 bits per heavy atom. The van der Waals surface area contributed by atoms with Gasteiger partial charge < -0.3 is 15.2 Å². The van der Waals surface area contributed by atoms with E-state index in [-0.39, 0.29) is 24.0 Å². The van der Waals surface area contributed by atoms with Gasteiger partial charge in [0.1, 0.15) is 0 Å². The van der Waals surface area contributed by atoms with Crippen LogP contribution in [0.1, 0.15) is 24.2 Å². The second-order valence-corrected chi connectivity index (χ2v) is 4.15. The zero-order chi connectivity index (χ0) is 13.0. The number of methoxy groups -OCH3 is 1. The minimum atomic E-state index is -0.274. The lowest BCUT2D eigenvalue weighted by Crippen LogP contribution is -2.17. The van der Waals surface area contributed by atoms with Crippen molar-refractivity contribution in [1.82, 2.24) is 0 Å². The van der Waals surface area contributed by atoms with Crippen molar-refractivity contribution in [2.75, 3.05) is 13.7 Å². The van der Waals surface area contributed by atoms with Gasteiger partial charge in [-0.25, -0.2) is 0 Å². The molecule has 0 aliphatic rings. The largest absolute Gasteiger partial charge is 0.493 e. The molecule has 0 fully saturated rings. The molecule has 0 saturated carbocycles. The molecular formula is C12H16ClNO3. The molecule has 0 heterocycles. The van der Waals surface area contributed by atoms with Crippen molar-refractivity contribution in [3.63, 3.8) is 0 Å². The van der Waals surface area contributed by atoms with Crippen LogP contribution < -0.4 is 15.2 Å². The van der Waals surface area contributed by atoms with Crippen molar-refractivity contribution < 1.29 is 14.3 Å². The van der Waals surface area contributed by atoms with E-state index in [0.717, 1.165) is 0 Å². The summed E-state index contributed by atoms with van der Waals surface area (Å²) in [5.41, 5.74) is 5.64. The maximum absolute atomic E-state index is 11.8. The molecule has 4 nitrogen and oxygen atoms in total. The molecule has 0 amide bonds. The smallest absolute Gasteiger partial charge is 0.181 e. The average molecular weight is 258 g/mol. The zero-order valence-corrected chi connectivity index (χ0v) is 10.9. The van der Waals surface area contributed by atoms with Gasteiger partial charge in [-0.15, -0.1) is 0 Å². The molecule has 1 rings (SSSR count). The van der Waals surface area contributed by atoms with Gasteiger partial charge in [-0.3, -0.25) is 4.79 Å². The molecule has 0 radical (unpaired) electrons. The number of rotatable bonds is 5. The molecule has 0 bridgehead atoms. The highest BCUT2D eigenvalue weighted by Gasteiger charge is 2.20. The summed E-state index contributed by atoms with van der Waals surface area (Å²) >= 11 is 6.00. The third-order valence-electron chi connectivity index (χ3n) is 2.11. The van der Waals surface area contributed by atoms with Crippen LogP contribution in [0, 0.1) is 0 Å². The lowest BCUT2D eigenvalue weighted by Gasteiger charge is -2.17. The predicted octanol–water partition coefficient (Wildman–Crippen LogP) is 2.28. The minimum absolute atomic E-state index is 0.0910.